The van der Waals surface area contributed by atoms with Crippen LogP contribution in [0.5, 0.6) is 5.75 Å². The molecule has 0 bridgehead atoms. The number of aliphatic imine (C=N–C) groups is 1. The van der Waals surface area contributed by atoms with E-state index in [1.807, 2.05) is 12.1 Å². The van der Waals surface area contributed by atoms with Crippen molar-refractivity contribution in [2.45, 2.75) is 52.0 Å². The van der Waals surface area contributed by atoms with E-state index in [2.05, 4.69) is 48.9 Å². The molecule has 0 radical (unpaired) electrons. The van der Waals surface area contributed by atoms with Gasteiger partial charge in [-0.25, -0.2) is 0 Å². The molecule has 3 heterocycles. The Bertz CT molecular complexity index is 886. The SMILES string of the molecule is CCNC(=NCCCc1nnc2n1CCCCC2)N1CCN(c2ccccc2OC)CC1. The van der Waals surface area contributed by atoms with Crippen LogP contribution in [0.15, 0.2) is 29.3 Å². The van der Waals surface area contributed by atoms with Gasteiger partial charge in [-0.3, -0.25) is 4.99 Å². The van der Waals surface area contributed by atoms with Gasteiger partial charge in [0.05, 0.1) is 12.8 Å². The van der Waals surface area contributed by atoms with E-state index in [0.717, 1.165) is 82.6 Å². The Labute approximate surface area is 191 Å². The zero-order chi connectivity index (χ0) is 22.2. The molecule has 1 aromatic carbocycles. The predicted octanol–water partition coefficient (Wildman–Crippen LogP) is 2.73. The molecule has 0 unspecified atom stereocenters. The van der Waals surface area contributed by atoms with E-state index in [0.29, 0.717) is 0 Å². The van der Waals surface area contributed by atoms with Crippen LogP contribution in [0.1, 0.15) is 44.3 Å². The fraction of sp³-hybridized carbons (Fsp3) is 0.625. The summed E-state index contributed by atoms with van der Waals surface area (Å²) < 4.78 is 7.89. The second-order valence-electron chi connectivity index (χ2n) is 8.48. The van der Waals surface area contributed by atoms with E-state index in [9.17, 15) is 0 Å². The largest absolute Gasteiger partial charge is 0.495 e. The normalized spacial score (nSPS) is 17.1. The van der Waals surface area contributed by atoms with Gasteiger partial charge in [-0.2, -0.15) is 0 Å². The Kier molecular flexibility index (Phi) is 7.85. The quantitative estimate of drug-likeness (QED) is 0.406. The maximum absolute atomic E-state index is 5.55. The highest BCUT2D eigenvalue weighted by Gasteiger charge is 2.21. The van der Waals surface area contributed by atoms with Crippen molar-refractivity contribution in [2.24, 2.45) is 4.99 Å². The third-order valence-corrected chi connectivity index (χ3v) is 6.35. The molecule has 0 saturated carbocycles. The first-order chi connectivity index (χ1) is 15.8. The molecule has 0 spiro atoms. The van der Waals surface area contributed by atoms with Crippen LogP contribution in [-0.4, -0.2) is 72.0 Å². The van der Waals surface area contributed by atoms with Crippen molar-refractivity contribution in [3.8, 4) is 5.75 Å². The van der Waals surface area contributed by atoms with Gasteiger partial charge in [-0.15, -0.1) is 10.2 Å². The molecule has 8 heteroatoms. The maximum atomic E-state index is 5.55. The Morgan fingerprint density at radius 2 is 1.91 bits per heavy atom. The lowest BCUT2D eigenvalue weighted by Crippen LogP contribution is -2.52. The summed E-state index contributed by atoms with van der Waals surface area (Å²) in [5, 5.41) is 12.4. The number of benzene rings is 1. The number of hydrogen-bond donors (Lipinski definition) is 1. The summed E-state index contributed by atoms with van der Waals surface area (Å²) in [5.41, 5.74) is 1.17. The first-order valence-corrected chi connectivity index (χ1v) is 12.1. The third-order valence-electron chi connectivity index (χ3n) is 6.35. The average Bonchev–Trinajstić information content (AvgIpc) is 3.06. The summed E-state index contributed by atoms with van der Waals surface area (Å²) in [5.74, 6) is 4.26. The Morgan fingerprint density at radius 3 is 2.72 bits per heavy atom. The summed E-state index contributed by atoms with van der Waals surface area (Å²) in [7, 11) is 1.74. The molecule has 0 atom stereocenters. The molecule has 2 aliphatic rings. The lowest BCUT2D eigenvalue weighted by atomic mass is 10.2. The number of para-hydroxylation sites is 2. The molecule has 174 valence electrons. The highest BCUT2D eigenvalue weighted by molar-refractivity contribution is 5.80. The number of aryl methyl sites for hydroxylation is 2. The molecule has 2 aliphatic heterocycles. The third kappa shape index (κ3) is 5.34. The van der Waals surface area contributed by atoms with Gasteiger partial charge in [0.2, 0.25) is 0 Å². The van der Waals surface area contributed by atoms with Gasteiger partial charge in [-0.05, 0) is 38.3 Å². The molecular formula is C24H37N7O. The number of anilines is 1. The smallest absolute Gasteiger partial charge is 0.194 e. The zero-order valence-corrected chi connectivity index (χ0v) is 19.6. The number of fused-ring (bicyclic) bond motifs is 1. The molecule has 0 amide bonds. The zero-order valence-electron chi connectivity index (χ0n) is 19.6. The maximum Gasteiger partial charge on any atom is 0.194 e. The molecule has 0 aliphatic carbocycles. The topological polar surface area (TPSA) is 70.8 Å². The lowest BCUT2D eigenvalue weighted by molar-refractivity contribution is 0.367. The summed E-state index contributed by atoms with van der Waals surface area (Å²) in [4.78, 5) is 9.70. The Morgan fingerprint density at radius 1 is 1.06 bits per heavy atom. The minimum absolute atomic E-state index is 0.803. The number of piperazine rings is 1. The van der Waals surface area contributed by atoms with Gasteiger partial charge >= 0.3 is 0 Å². The van der Waals surface area contributed by atoms with Gasteiger partial charge in [0.15, 0.2) is 5.96 Å². The van der Waals surface area contributed by atoms with Crippen LogP contribution in [0.3, 0.4) is 0 Å². The highest BCUT2D eigenvalue weighted by Crippen LogP contribution is 2.28. The number of guanidine groups is 1. The molecular weight excluding hydrogens is 402 g/mol. The van der Waals surface area contributed by atoms with E-state index in [-0.39, 0.29) is 0 Å². The standard InChI is InChI=1S/C24H37N7O/c1-3-25-24(26-14-9-13-23-28-27-22-12-5-4-8-15-31(22)23)30-18-16-29(17-19-30)20-10-6-7-11-21(20)32-2/h6-7,10-11H,3-5,8-9,12-19H2,1-2H3,(H,25,26). The summed E-state index contributed by atoms with van der Waals surface area (Å²) in [6.07, 6.45) is 6.77. The number of aromatic nitrogens is 3. The van der Waals surface area contributed by atoms with E-state index in [1.165, 1.54) is 30.8 Å². The number of hydrogen-bond acceptors (Lipinski definition) is 5. The molecule has 8 nitrogen and oxygen atoms in total. The molecule has 1 fully saturated rings. The van der Waals surface area contributed by atoms with Crippen LogP contribution in [0.25, 0.3) is 0 Å². The first kappa shape index (κ1) is 22.4. The van der Waals surface area contributed by atoms with Crippen molar-refractivity contribution >= 4 is 11.6 Å². The molecule has 32 heavy (non-hydrogen) atoms. The van der Waals surface area contributed by atoms with Crippen LogP contribution in [0, 0.1) is 0 Å². The second-order valence-corrected chi connectivity index (χ2v) is 8.48. The summed E-state index contributed by atoms with van der Waals surface area (Å²) >= 11 is 0. The minimum atomic E-state index is 0.803. The molecule has 4 rings (SSSR count). The first-order valence-electron chi connectivity index (χ1n) is 12.1. The van der Waals surface area contributed by atoms with Crippen LogP contribution in [-0.2, 0) is 19.4 Å². The van der Waals surface area contributed by atoms with E-state index in [1.54, 1.807) is 7.11 Å². The van der Waals surface area contributed by atoms with Crippen LogP contribution < -0.4 is 15.0 Å². The van der Waals surface area contributed by atoms with Crippen molar-refractivity contribution in [3.63, 3.8) is 0 Å². The van der Waals surface area contributed by atoms with Crippen molar-refractivity contribution in [2.75, 3.05) is 51.3 Å². The molecule has 1 aromatic heterocycles. The van der Waals surface area contributed by atoms with Gasteiger partial charge in [-0.1, -0.05) is 18.6 Å². The van der Waals surface area contributed by atoms with Gasteiger partial charge in [0, 0.05) is 58.7 Å². The summed E-state index contributed by atoms with van der Waals surface area (Å²) in [6.45, 7) is 8.68. The fourth-order valence-corrected chi connectivity index (χ4v) is 4.63. The van der Waals surface area contributed by atoms with E-state index in [4.69, 9.17) is 9.73 Å². The minimum Gasteiger partial charge on any atom is -0.495 e. The highest BCUT2D eigenvalue weighted by atomic mass is 16.5. The van der Waals surface area contributed by atoms with Crippen LogP contribution in [0.2, 0.25) is 0 Å². The molecule has 1 N–H and O–H groups in total. The number of nitrogens with zero attached hydrogens (tertiary/aromatic N) is 6. The summed E-state index contributed by atoms with van der Waals surface area (Å²) in [6, 6.07) is 8.26. The van der Waals surface area contributed by atoms with Gasteiger partial charge in [0.1, 0.15) is 17.4 Å². The Balaban J connectivity index is 1.30. The predicted molar refractivity (Wildman–Crippen MR) is 129 cm³/mol. The average molecular weight is 440 g/mol. The Hall–Kier alpha value is -2.77. The van der Waals surface area contributed by atoms with E-state index < -0.39 is 0 Å². The van der Waals surface area contributed by atoms with E-state index >= 15 is 0 Å². The number of nitrogens with one attached hydrogen (secondary N) is 1. The van der Waals surface area contributed by atoms with Gasteiger partial charge in [0.25, 0.3) is 0 Å². The second kappa shape index (κ2) is 11.2. The fourth-order valence-electron chi connectivity index (χ4n) is 4.63. The number of ether oxygens (including phenoxy) is 1. The molecule has 1 saturated heterocycles. The van der Waals surface area contributed by atoms with Crippen LogP contribution in [0.4, 0.5) is 5.69 Å². The monoisotopic (exact) mass is 439 g/mol. The van der Waals surface area contributed by atoms with Crippen molar-refractivity contribution in [1.82, 2.24) is 25.0 Å². The van der Waals surface area contributed by atoms with Crippen molar-refractivity contribution in [3.05, 3.63) is 35.9 Å². The van der Waals surface area contributed by atoms with Gasteiger partial charge < -0.3 is 24.4 Å². The number of methoxy groups -OCH3 is 1. The van der Waals surface area contributed by atoms with Crippen molar-refractivity contribution in [1.29, 1.82) is 0 Å². The molecule has 2 aromatic rings. The number of rotatable bonds is 7. The lowest BCUT2D eigenvalue weighted by Gasteiger charge is -2.38. The van der Waals surface area contributed by atoms with Crippen LogP contribution >= 0.6 is 0 Å². The van der Waals surface area contributed by atoms with Crippen molar-refractivity contribution < 1.29 is 4.74 Å².